The zero-order valence-electron chi connectivity index (χ0n) is 3.67. The van der Waals surface area contributed by atoms with Gasteiger partial charge >= 0.3 is 0 Å². The van der Waals surface area contributed by atoms with Gasteiger partial charge in [-0.1, -0.05) is 34.8 Å². The fourth-order valence-electron chi connectivity index (χ4n) is 0.0875. The van der Waals surface area contributed by atoms with Crippen LogP contribution in [0.3, 0.4) is 0 Å². The van der Waals surface area contributed by atoms with Crippen molar-refractivity contribution in [2.75, 3.05) is 5.88 Å². The van der Waals surface area contributed by atoms with Crippen molar-refractivity contribution in [1.82, 2.24) is 0 Å². The molecule has 0 aromatic rings. The minimum atomic E-state index is -1.44. The van der Waals surface area contributed by atoms with E-state index in [1.54, 1.807) is 0 Å². The molecule has 0 aliphatic carbocycles. The Bertz CT molecular complexity index is 64.6. The first-order valence-corrected chi connectivity index (χ1v) is 3.85. The van der Waals surface area contributed by atoms with Crippen LogP contribution < -0.4 is 0 Å². The maximum atomic E-state index is 5.41. The van der Waals surface area contributed by atoms with E-state index >= 15 is 0 Å². The Morgan fingerprint density at radius 1 is 1.25 bits per heavy atom. The molecular formula is C3H3Cl5. The van der Waals surface area contributed by atoms with Gasteiger partial charge in [0.1, 0.15) is 0 Å². The van der Waals surface area contributed by atoms with E-state index < -0.39 is 9.17 Å². The fraction of sp³-hybridized carbons (Fsp3) is 1.00. The maximum absolute atomic E-state index is 5.41. The fourth-order valence-corrected chi connectivity index (χ4v) is 0.787. The number of hydrogen-bond acceptors (Lipinski definition) is 0. The van der Waals surface area contributed by atoms with Crippen LogP contribution in [0, 0.1) is 0 Å². The van der Waals surface area contributed by atoms with Gasteiger partial charge in [-0.05, 0) is 0 Å². The van der Waals surface area contributed by atoms with Crippen LogP contribution in [-0.4, -0.2) is 15.0 Å². The molecule has 0 N–H and O–H groups in total. The standard InChI is InChI=1S/C3H3Cl5/c4-1-2(5)3(6,7)8/h2H,1H2/t2-/m1/s1. The van der Waals surface area contributed by atoms with Crippen LogP contribution in [0.25, 0.3) is 0 Å². The molecule has 0 aromatic carbocycles. The quantitative estimate of drug-likeness (QED) is 0.590. The summed E-state index contributed by atoms with van der Waals surface area (Å²) in [5.41, 5.74) is 0. The average molecular weight is 216 g/mol. The Hall–Kier alpha value is 1.45. The molecule has 8 heavy (non-hydrogen) atoms. The Morgan fingerprint density at radius 2 is 1.62 bits per heavy atom. The topological polar surface area (TPSA) is 0 Å². The van der Waals surface area contributed by atoms with E-state index in [0.29, 0.717) is 0 Å². The Kier molecular flexibility index (Phi) is 4.23. The second-order valence-corrected chi connectivity index (χ2v) is 4.37. The highest BCUT2D eigenvalue weighted by molar-refractivity contribution is 6.70. The lowest BCUT2D eigenvalue weighted by Gasteiger charge is -2.13. The number of hydrogen-bond donors (Lipinski definition) is 0. The molecule has 0 heterocycles. The van der Waals surface area contributed by atoms with Gasteiger partial charge in [-0.2, -0.15) is 0 Å². The lowest BCUT2D eigenvalue weighted by Crippen LogP contribution is -2.20. The van der Waals surface area contributed by atoms with Gasteiger partial charge in [-0.15, -0.1) is 23.2 Å². The molecule has 1 atom stereocenters. The van der Waals surface area contributed by atoms with Gasteiger partial charge < -0.3 is 0 Å². The molecule has 0 fully saturated rings. The van der Waals surface area contributed by atoms with Gasteiger partial charge in [0.2, 0.25) is 3.79 Å². The molecule has 0 aromatic heterocycles. The van der Waals surface area contributed by atoms with Gasteiger partial charge in [0.15, 0.2) is 0 Å². The third-order valence-electron chi connectivity index (χ3n) is 0.491. The minimum Gasteiger partial charge on any atom is -0.125 e. The van der Waals surface area contributed by atoms with E-state index in [-0.39, 0.29) is 5.88 Å². The van der Waals surface area contributed by atoms with Gasteiger partial charge in [-0.3, -0.25) is 0 Å². The van der Waals surface area contributed by atoms with Crippen LogP contribution in [0.2, 0.25) is 0 Å². The first-order chi connectivity index (χ1) is 3.48. The summed E-state index contributed by atoms with van der Waals surface area (Å²) in [4.78, 5) is 0. The van der Waals surface area contributed by atoms with Crippen molar-refractivity contribution in [1.29, 1.82) is 0 Å². The number of rotatable bonds is 1. The van der Waals surface area contributed by atoms with E-state index in [9.17, 15) is 0 Å². The lowest BCUT2D eigenvalue weighted by atomic mass is 10.5. The first kappa shape index (κ1) is 9.45. The zero-order chi connectivity index (χ0) is 6.78. The third-order valence-corrected chi connectivity index (χ3v) is 2.56. The van der Waals surface area contributed by atoms with Crippen molar-refractivity contribution in [3.8, 4) is 0 Å². The predicted molar refractivity (Wildman–Crippen MR) is 40.7 cm³/mol. The molecule has 0 spiro atoms. The largest absolute Gasteiger partial charge is 0.207 e. The summed E-state index contributed by atoms with van der Waals surface area (Å²) >= 11 is 26.6. The first-order valence-electron chi connectivity index (χ1n) is 1.75. The Morgan fingerprint density at radius 3 is 1.62 bits per heavy atom. The summed E-state index contributed by atoms with van der Waals surface area (Å²) < 4.78 is -1.44. The van der Waals surface area contributed by atoms with Crippen LogP contribution in [0.15, 0.2) is 0 Å². The van der Waals surface area contributed by atoms with E-state index in [1.807, 2.05) is 0 Å². The van der Waals surface area contributed by atoms with Crippen LogP contribution in [0.1, 0.15) is 0 Å². The van der Waals surface area contributed by atoms with Crippen LogP contribution in [-0.2, 0) is 0 Å². The molecule has 0 saturated carbocycles. The van der Waals surface area contributed by atoms with E-state index in [4.69, 9.17) is 58.0 Å². The monoisotopic (exact) mass is 214 g/mol. The van der Waals surface area contributed by atoms with Crippen LogP contribution in [0.4, 0.5) is 0 Å². The van der Waals surface area contributed by atoms with Crippen molar-refractivity contribution in [3.05, 3.63) is 0 Å². The molecule has 0 amide bonds. The van der Waals surface area contributed by atoms with Gasteiger partial charge in [0.05, 0.1) is 5.38 Å². The molecule has 5 heteroatoms. The smallest absolute Gasteiger partial charge is 0.125 e. The molecule has 0 radical (unpaired) electrons. The van der Waals surface area contributed by atoms with Crippen molar-refractivity contribution in [2.45, 2.75) is 9.17 Å². The predicted octanol–water partition coefficient (Wildman–Crippen LogP) is 3.20. The maximum Gasteiger partial charge on any atom is 0.207 e. The second-order valence-electron chi connectivity index (χ2n) is 1.16. The minimum absolute atomic E-state index is 0.137. The van der Waals surface area contributed by atoms with Crippen molar-refractivity contribution in [3.63, 3.8) is 0 Å². The lowest BCUT2D eigenvalue weighted by molar-refractivity contribution is 0.993. The summed E-state index contributed by atoms with van der Waals surface area (Å²) in [6.45, 7) is 0. The molecule has 0 unspecified atom stereocenters. The highest BCUT2D eigenvalue weighted by atomic mass is 35.6. The Balaban J connectivity index is 3.62. The Labute approximate surface area is 73.0 Å². The summed E-state index contributed by atoms with van der Waals surface area (Å²) in [6.07, 6.45) is 0. The SMILES string of the molecule is ClC[C@@H](Cl)C(Cl)(Cl)Cl. The summed E-state index contributed by atoms with van der Waals surface area (Å²) in [6, 6.07) is 0. The van der Waals surface area contributed by atoms with Gasteiger partial charge in [-0.25, -0.2) is 0 Å². The van der Waals surface area contributed by atoms with Gasteiger partial charge in [0, 0.05) is 5.88 Å². The van der Waals surface area contributed by atoms with Crippen molar-refractivity contribution < 1.29 is 0 Å². The zero-order valence-corrected chi connectivity index (χ0v) is 7.45. The normalized spacial score (nSPS) is 16.1. The third kappa shape index (κ3) is 3.47. The van der Waals surface area contributed by atoms with E-state index in [1.165, 1.54) is 0 Å². The van der Waals surface area contributed by atoms with Crippen LogP contribution in [0.5, 0.6) is 0 Å². The molecule has 0 saturated heterocycles. The van der Waals surface area contributed by atoms with E-state index in [0.717, 1.165) is 0 Å². The van der Waals surface area contributed by atoms with Gasteiger partial charge in [0.25, 0.3) is 0 Å². The van der Waals surface area contributed by atoms with Crippen molar-refractivity contribution >= 4 is 58.0 Å². The molecule has 0 nitrogen and oxygen atoms in total. The molecule has 0 bridgehead atoms. The summed E-state index contributed by atoms with van der Waals surface area (Å²) in [7, 11) is 0. The molecule has 0 rings (SSSR count). The molecule has 50 valence electrons. The van der Waals surface area contributed by atoms with E-state index in [2.05, 4.69) is 0 Å². The van der Waals surface area contributed by atoms with Crippen LogP contribution >= 0.6 is 58.0 Å². The average Bonchev–Trinajstić information content (AvgIpc) is 1.62. The van der Waals surface area contributed by atoms with Crippen molar-refractivity contribution in [2.24, 2.45) is 0 Å². The number of alkyl halides is 5. The summed E-state index contributed by atoms with van der Waals surface area (Å²) in [5, 5.41) is -0.617. The number of halogens is 5. The molecule has 0 aliphatic rings. The highest BCUT2D eigenvalue weighted by Gasteiger charge is 2.29. The highest BCUT2D eigenvalue weighted by Crippen LogP contribution is 2.34. The second kappa shape index (κ2) is 3.58. The molecule has 0 aliphatic heterocycles. The molecular weight excluding hydrogens is 213 g/mol. The summed E-state index contributed by atoms with van der Waals surface area (Å²) in [5.74, 6) is 0.137.